The van der Waals surface area contributed by atoms with Gasteiger partial charge in [-0.25, -0.2) is 0 Å². The maximum Gasteiger partial charge on any atom is 0.241 e. The summed E-state index contributed by atoms with van der Waals surface area (Å²) >= 11 is 0. The molecule has 5 nitrogen and oxygen atoms in total. The zero-order chi connectivity index (χ0) is 15.7. The van der Waals surface area contributed by atoms with E-state index in [4.69, 9.17) is 10.8 Å². The molecule has 0 saturated carbocycles. The van der Waals surface area contributed by atoms with Crippen molar-refractivity contribution in [2.75, 3.05) is 25.5 Å². The van der Waals surface area contributed by atoms with E-state index >= 15 is 0 Å². The van der Waals surface area contributed by atoms with E-state index in [-0.39, 0.29) is 18.6 Å². The molecule has 0 aliphatic carbocycles. The predicted octanol–water partition coefficient (Wildman–Crippen LogP) is 1.57. The summed E-state index contributed by atoms with van der Waals surface area (Å²) in [5.41, 5.74) is 7.39. The number of aliphatic hydroxyl groups is 1. The molecule has 1 aromatic carbocycles. The Bertz CT molecular complexity index is 437. The number of hydrogen-bond acceptors (Lipinski definition) is 4. The predicted molar refractivity (Wildman–Crippen MR) is 86.0 cm³/mol. The van der Waals surface area contributed by atoms with Crippen LogP contribution in [0.25, 0.3) is 0 Å². The van der Waals surface area contributed by atoms with Gasteiger partial charge in [-0.3, -0.25) is 9.69 Å². The van der Waals surface area contributed by atoms with Gasteiger partial charge in [0.2, 0.25) is 5.91 Å². The van der Waals surface area contributed by atoms with Crippen molar-refractivity contribution < 1.29 is 9.90 Å². The van der Waals surface area contributed by atoms with Gasteiger partial charge in [-0.2, -0.15) is 0 Å². The highest BCUT2D eigenvalue weighted by molar-refractivity contribution is 5.95. The summed E-state index contributed by atoms with van der Waals surface area (Å²) < 4.78 is 0. The lowest BCUT2D eigenvalue weighted by atomic mass is 10.1. The van der Waals surface area contributed by atoms with Gasteiger partial charge in [-0.1, -0.05) is 18.2 Å². The van der Waals surface area contributed by atoms with Crippen LogP contribution in [0.5, 0.6) is 0 Å². The number of para-hydroxylation sites is 1. The van der Waals surface area contributed by atoms with Crippen LogP contribution >= 0.6 is 0 Å². The van der Waals surface area contributed by atoms with Crippen molar-refractivity contribution in [3.8, 4) is 0 Å². The quantitative estimate of drug-likeness (QED) is 0.604. The molecule has 1 unspecified atom stereocenters. The first-order valence-corrected chi connectivity index (χ1v) is 7.50. The van der Waals surface area contributed by atoms with Gasteiger partial charge >= 0.3 is 0 Å². The minimum absolute atomic E-state index is 0.0273. The van der Waals surface area contributed by atoms with Crippen molar-refractivity contribution in [3.63, 3.8) is 0 Å². The van der Waals surface area contributed by atoms with E-state index in [0.717, 1.165) is 37.1 Å². The first-order chi connectivity index (χ1) is 10.1. The lowest BCUT2D eigenvalue weighted by Crippen LogP contribution is -2.40. The molecular formula is C16H27N3O2. The average Bonchev–Trinajstić information content (AvgIpc) is 2.51. The first-order valence-electron chi connectivity index (χ1n) is 7.50. The van der Waals surface area contributed by atoms with Crippen LogP contribution in [0.2, 0.25) is 0 Å². The van der Waals surface area contributed by atoms with Crippen molar-refractivity contribution in [2.24, 2.45) is 5.73 Å². The van der Waals surface area contributed by atoms with Crippen LogP contribution in [-0.2, 0) is 11.3 Å². The third-order valence-electron chi connectivity index (χ3n) is 3.70. The number of aliphatic hydroxyl groups excluding tert-OH is 1. The Kier molecular flexibility index (Phi) is 7.97. The highest BCUT2D eigenvalue weighted by Crippen LogP contribution is 2.15. The fourth-order valence-corrected chi connectivity index (χ4v) is 2.10. The van der Waals surface area contributed by atoms with Crippen molar-refractivity contribution in [2.45, 2.75) is 38.8 Å². The van der Waals surface area contributed by atoms with Gasteiger partial charge in [-0.15, -0.1) is 0 Å². The van der Waals surface area contributed by atoms with Crippen LogP contribution in [0.4, 0.5) is 5.69 Å². The van der Waals surface area contributed by atoms with E-state index in [1.807, 2.05) is 43.1 Å². The highest BCUT2D eigenvalue weighted by atomic mass is 16.2. The van der Waals surface area contributed by atoms with Crippen molar-refractivity contribution in [1.82, 2.24) is 4.90 Å². The fourth-order valence-electron chi connectivity index (χ4n) is 2.10. The Labute approximate surface area is 127 Å². The summed E-state index contributed by atoms with van der Waals surface area (Å²) in [5.74, 6) is -0.0273. The second-order valence-electron chi connectivity index (χ2n) is 5.29. The summed E-state index contributed by atoms with van der Waals surface area (Å²) in [6.45, 7) is 3.37. The van der Waals surface area contributed by atoms with E-state index in [1.165, 1.54) is 0 Å². The molecule has 0 radical (unpaired) electrons. The largest absolute Gasteiger partial charge is 0.396 e. The van der Waals surface area contributed by atoms with Gasteiger partial charge in [0.15, 0.2) is 0 Å². The summed E-state index contributed by atoms with van der Waals surface area (Å²) in [5, 5.41) is 11.7. The molecule has 4 N–H and O–H groups in total. The van der Waals surface area contributed by atoms with Gasteiger partial charge in [-0.05, 0) is 51.4 Å². The van der Waals surface area contributed by atoms with Crippen LogP contribution in [0.15, 0.2) is 24.3 Å². The molecule has 0 spiro atoms. The Hall–Kier alpha value is -1.43. The maximum atomic E-state index is 12.3. The van der Waals surface area contributed by atoms with Crippen LogP contribution in [0.1, 0.15) is 31.7 Å². The number of carbonyl (C=O) groups excluding carboxylic acids is 1. The molecule has 0 aliphatic rings. The SMILES string of the molecule is CC(C(=O)Nc1ccccc1CN)N(C)CCCCCO. The normalized spacial score (nSPS) is 12.4. The van der Waals surface area contributed by atoms with E-state index in [1.54, 1.807) is 0 Å². The Balaban J connectivity index is 2.50. The number of nitrogens with two attached hydrogens (primary N) is 1. The molecule has 1 rings (SSSR count). The van der Waals surface area contributed by atoms with Gasteiger partial charge in [0.25, 0.3) is 0 Å². The Morgan fingerprint density at radius 1 is 1.33 bits per heavy atom. The van der Waals surface area contributed by atoms with Crippen molar-refractivity contribution in [3.05, 3.63) is 29.8 Å². The standard InChI is InChI=1S/C16H27N3O2/c1-13(19(2)10-6-3-7-11-20)16(21)18-15-9-5-4-8-14(15)12-17/h4-5,8-9,13,20H,3,6-7,10-12,17H2,1-2H3,(H,18,21). The third kappa shape index (κ3) is 5.83. The van der Waals surface area contributed by atoms with Crippen LogP contribution < -0.4 is 11.1 Å². The smallest absolute Gasteiger partial charge is 0.241 e. The summed E-state index contributed by atoms with van der Waals surface area (Å²) in [7, 11) is 1.94. The first kappa shape index (κ1) is 17.6. The monoisotopic (exact) mass is 293 g/mol. The topological polar surface area (TPSA) is 78.6 Å². The van der Waals surface area contributed by atoms with Crippen LogP contribution in [0, 0.1) is 0 Å². The number of amides is 1. The van der Waals surface area contributed by atoms with Gasteiger partial charge in [0.05, 0.1) is 6.04 Å². The number of anilines is 1. The fraction of sp³-hybridized carbons (Fsp3) is 0.562. The number of carbonyl (C=O) groups is 1. The number of rotatable bonds is 9. The second-order valence-corrected chi connectivity index (χ2v) is 5.29. The van der Waals surface area contributed by atoms with E-state index in [9.17, 15) is 4.79 Å². The lowest BCUT2D eigenvalue weighted by molar-refractivity contribution is -0.120. The van der Waals surface area contributed by atoms with E-state index in [0.29, 0.717) is 6.54 Å². The Morgan fingerprint density at radius 3 is 2.71 bits per heavy atom. The molecule has 0 heterocycles. The molecule has 21 heavy (non-hydrogen) atoms. The van der Waals surface area contributed by atoms with Crippen LogP contribution in [0.3, 0.4) is 0 Å². The lowest BCUT2D eigenvalue weighted by Gasteiger charge is -2.24. The molecular weight excluding hydrogens is 266 g/mol. The summed E-state index contributed by atoms with van der Waals surface area (Å²) in [6.07, 6.45) is 2.78. The number of likely N-dealkylation sites (N-methyl/N-ethyl adjacent to an activating group) is 1. The minimum atomic E-state index is -0.204. The minimum Gasteiger partial charge on any atom is -0.396 e. The maximum absolute atomic E-state index is 12.3. The van der Waals surface area contributed by atoms with Crippen molar-refractivity contribution in [1.29, 1.82) is 0 Å². The molecule has 5 heteroatoms. The molecule has 0 saturated heterocycles. The van der Waals surface area contributed by atoms with Gasteiger partial charge in [0.1, 0.15) is 0 Å². The second kappa shape index (κ2) is 9.50. The van der Waals surface area contributed by atoms with E-state index in [2.05, 4.69) is 5.32 Å². The number of hydrogen-bond donors (Lipinski definition) is 3. The number of nitrogens with one attached hydrogen (secondary N) is 1. The molecule has 1 amide bonds. The summed E-state index contributed by atoms with van der Waals surface area (Å²) in [6, 6.07) is 7.38. The number of unbranched alkanes of at least 4 members (excludes halogenated alkanes) is 2. The number of benzene rings is 1. The van der Waals surface area contributed by atoms with Gasteiger partial charge < -0.3 is 16.2 Å². The van der Waals surface area contributed by atoms with Crippen molar-refractivity contribution >= 4 is 11.6 Å². The van der Waals surface area contributed by atoms with Gasteiger partial charge in [0, 0.05) is 18.8 Å². The Morgan fingerprint density at radius 2 is 2.05 bits per heavy atom. The zero-order valence-electron chi connectivity index (χ0n) is 13.0. The molecule has 1 aromatic rings. The molecule has 0 aliphatic heterocycles. The molecule has 0 aromatic heterocycles. The van der Waals surface area contributed by atoms with Crippen LogP contribution in [-0.4, -0.2) is 42.2 Å². The third-order valence-corrected chi connectivity index (χ3v) is 3.70. The number of nitrogens with zero attached hydrogens (tertiary/aromatic N) is 1. The zero-order valence-corrected chi connectivity index (χ0v) is 13.0. The molecule has 0 fully saturated rings. The molecule has 1 atom stereocenters. The highest BCUT2D eigenvalue weighted by Gasteiger charge is 2.18. The molecule has 0 bridgehead atoms. The summed E-state index contributed by atoms with van der Waals surface area (Å²) in [4.78, 5) is 14.3. The van der Waals surface area contributed by atoms with E-state index < -0.39 is 0 Å². The molecule has 118 valence electrons. The average molecular weight is 293 g/mol.